The number of hydrogen-bond acceptors (Lipinski definition) is 4. The molecule has 0 aromatic carbocycles. The van der Waals surface area contributed by atoms with E-state index >= 15 is 0 Å². The predicted molar refractivity (Wildman–Crippen MR) is 66.7 cm³/mol. The van der Waals surface area contributed by atoms with Gasteiger partial charge in [-0.1, -0.05) is 12.2 Å². The van der Waals surface area contributed by atoms with E-state index in [4.69, 9.17) is 17.0 Å². The monoisotopic (exact) mass is 254 g/mol. The third-order valence-electron chi connectivity index (χ3n) is 2.64. The van der Waals surface area contributed by atoms with E-state index in [0.29, 0.717) is 23.4 Å². The number of hydrogen-bond donors (Lipinski definition) is 1. The summed E-state index contributed by atoms with van der Waals surface area (Å²) in [5.74, 6) is 0. The molecule has 0 unspecified atom stereocenters. The van der Waals surface area contributed by atoms with Gasteiger partial charge < -0.3 is 9.72 Å². The molecular weight excluding hydrogens is 240 g/mol. The van der Waals surface area contributed by atoms with Crippen molar-refractivity contribution in [1.82, 2.24) is 19.1 Å². The Morgan fingerprint density at radius 1 is 1.59 bits per heavy atom. The number of fused-ring (bicyclic) bond motifs is 1. The number of H-pyrrole nitrogens is 1. The van der Waals surface area contributed by atoms with Crippen LogP contribution < -0.4 is 5.69 Å². The summed E-state index contributed by atoms with van der Waals surface area (Å²) in [6.45, 7) is 1.18. The first kappa shape index (κ1) is 12.0. The van der Waals surface area contributed by atoms with Gasteiger partial charge in [0.1, 0.15) is 10.2 Å². The molecule has 0 saturated heterocycles. The second-order valence-electron chi connectivity index (χ2n) is 3.75. The molecule has 17 heavy (non-hydrogen) atoms. The van der Waals surface area contributed by atoms with Gasteiger partial charge in [-0.25, -0.2) is 9.78 Å². The number of aryl methyl sites for hydroxylation is 1. The zero-order chi connectivity index (χ0) is 12.4. The minimum absolute atomic E-state index is 0.147. The van der Waals surface area contributed by atoms with Crippen molar-refractivity contribution in [3.8, 4) is 0 Å². The molecule has 0 aliphatic rings. The fourth-order valence-corrected chi connectivity index (χ4v) is 1.97. The Morgan fingerprint density at radius 2 is 2.35 bits per heavy atom. The minimum atomic E-state index is -0.147. The average molecular weight is 254 g/mol. The fourth-order valence-electron chi connectivity index (χ4n) is 1.74. The molecule has 2 rings (SSSR count). The Bertz CT molecular complexity index is 640. The highest BCUT2D eigenvalue weighted by atomic mass is 32.1. The molecule has 0 aliphatic carbocycles. The Kier molecular flexibility index (Phi) is 3.39. The topological polar surface area (TPSA) is 64.8 Å². The summed E-state index contributed by atoms with van der Waals surface area (Å²) in [5, 5.41) is 0. The zero-order valence-corrected chi connectivity index (χ0v) is 10.6. The summed E-state index contributed by atoms with van der Waals surface area (Å²) in [6, 6.07) is 0. The second-order valence-corrected chi connectivity index (χ2v) is 4.13. The smallest absolute Gasteiger partial charge is 0.330 e. The van der Waals surface area contributed by atoms with Gasteiger partial charge in [0.05, 0.1) is 6.33 Å². The molecular formula is C10H14N4O2S. The van der Waals surface area contributed by atoms with Crippen molar-refractivity contribution in [1.29, 1.82) is 0 Å². The van der Waals surface area contributed by atoms with Gasteiger partial charge >= 0.3 is 5.69 Å². The number of rotatable bonds is 4. The van der Waals surface area contributed by atoms with E-state index in [1.54, 1.807) is 25.1 Å². The van der Waals surface area contributed by atoms with Crippen LogP contribution in [0.4, 0.5) is 0 Å². The highest BCUT2D eigenvalue weighted by molar-refractivity contribution is 7.71. The first-order valence-corrected chi connectivity index (χ1v) is 5.69. The standard InChI is InChI=1S/C10H14N4O2S/c1-13-9(17)7-8(12-6-11-7)14(10(13)15)4-3-5-16-2/h6H,3-5H2,1-2H3,(H,11,12). The van der Waals surface area contributed by atoms with Crippen molar-refractivity contribution in [3.63, 3.8) is 0 Å². The van der Waals surface area contributed by atoms with Crippen molar-refractivity contribution in [3.05, 3.63) is 21.5 Å². The van der Waals surface area contributed by atoms with Gasteiger partial charge in [0, 0.05) is 27.3 Å². The lowest BCUT2D eigenvalue weighted by atomic mass is 10.4. The van der Waals surface area contributed by atoms with Gasteiger partial charge in [-0.15, -0.1) is 0 Å². The van der Waals surface area contributed by atoms with Crippen LogP contribution in [-0.4, -0.2) is 32.8 Å². The average Bonchev–Trinajstić information content (AvgIpc) is 2.80. The number of nitrogens with one attached hydrogen (secondary N) is 1. The normalized spacial score (nSPS) is 11.2. The number of ether oxygens (including phenoxy) is 1. The Hall–Kier alpha value is -1.47. The van der Waals surface area contributed by atoms with Crippen molar-refractivity contribution in [2.75, 3.05) is 13.7 Å². The van der Waals surface area contributed by atoms with Gasteiger partial charge in [-0.2, -0.15) is 0 Å². The minimum Gasteiger partial charge on any atom is -0.385 e. The maximum absolute atomic E-state index is 12.1. The molecule has 0 spiro atoms. The third-order valence-corrected chi connectivity index (χ3v) is 3.12. The van der Waals surface area contributed by atoms with E-state index in [2.05, 4.69) is 9.97 Å². The summed E-state index contributed by atoms with van der Waals surface area (Å²) in [4.78, 5) is 19.2. The van der Waals surface area contributed by atoms with Crippen LogP contribution in [0.5, 0.6) is 0 Å². The van der Waals surface area contributed by atoms with E-state index < -0.39 is 0 Å². The van der Waals surface area contributed by atoms with Crippen LogP contribution in [-0.2, 0) is 18.3 Å². The molecule has 7 heteroatoms. The maximum Gasteiger partial charge on any atom is 0.330 e. The Labute approximate surface area is 103 Å². The molecule has 2 aromatic heterocycles. The molecule has 0 bridgehead atoms. The van der Waals surface area contributed by atoms with Crippen molar-refractivity contribution in [2.24, 2.45) is 7.05 Å². The van der Waals surface area contributed by atoms with Crippen molar-refractivity contribution >= 4 is 23.4 Å². The molecule has 92 valence electrons. The number of aromatic nitrogens is 4. The summed E-state index contributed by atoms with van der Waals surface area (Å²) >= 11 is 5.18. The van der Waals surface area contributed by atoms with Crippen LogP contribution in [0.25, 0.3) is 11.2 Å². The molecule has 0 amide bonds. The van der Waals surface area contributed by atoms with E-state index in [-0.39, 0.29) is 5.69 Å². The summed E-state index contributed by atoms with van der Waals surface area (Å²) in [5.41, 5.74) is 1.18. The van der Waals surface area contributed by atoms with Crippen molar-refractivity contribution < 1.29 is 4.74 Å². The first-order valence-electron chi connectivity index (χ1n) is 5.28. The Morgan fingerprint density at radius 3 is 3.06 bits per heavy atom. The van der Waals surface area contributed by atoms with Gasteiger partial charge in [0.25, 0.3) is 0 Å². The molecule has 0 saturated carbocycles. The van der Waals surface area contributed by atoms with Crippen LogP contribution in [0.2, 0.25) is 0 Å². The van der Waals surface area contributed by atoms with E-state index in [1.807, 2.05) is 0 Å². The SMILES string of the molecule is COCCCn1c(=O)n(C)c(=S)c2[nH]cnc21. The van der Waals surface area contributed by atoms with Crippen LogP contribution in [0.15, 0.2) is 11.1 Å². The molecule has 6 nitrogen and oxygen atoms in total. The molecule has 0 fully saturated rings. The van der Waals surface area contributed by atoms with E-state index in [1.165, 1.54) is 4.57 Å². The first-order chi connectivity index (χ1) is 8.16. The molecule has 0 radical (unpaired) electrons. The lowest BCUT2D eigenvalue weighted by molar-refractivity contribution is 0.190. The largest absolute Gasteiger partial charge is 0.385 e. The van der Waals surface area contributed by atoms with Crippen LogP contribution in [0.3, 0.4) is 0 Å². The van der Waals surface area contributed by atoms with Crippen LogP contribution in [0.1, 0.15) is 6.42 Å². The van der Waals surface area contributed by atoms with Gasteiger partial charge in [-0.3, -0.25) is 9.13 Å². The van der Waals surface area contributed by atoms with E-state index in [0.717, 1.165) is 11.9 Å². The lowest BCUT2D eigenvalue weighted by Gasteiger charge is -2.08. The number of methoxy groups -OCH3 is 1. The third kappa shape index (κ3) is 2.03. The molecule has 1 N–H and O–H groups in total. The van der Waals surface area contributed by atoms with Crippen LogP contribution in [0, 0.1) is 4.64 Å². The number of imidazole rings is 1. The molecule has 2 heterocycles. The summed E-state index contributed by atoms with van der Waals surface area (Å²) < 4.78 is 8.52. The quantitative estimate of drug-likeness (QED) is 0.648. The lowest BCUT2D eigenvalue weighted by Crippen LogP contribution is -2.30. The van der Waals surface area contributed by atoms with Gasteiger partial charge in [0.15, 0.2) is 5.65 Å². The number of nitrogens with zero attached hydrogens (tertiary/aromatic N) is 3. The summed E-state index contributed by atoms with van der Waals surface area (Å²) in [6.07, 6.45) is 2.31. The zero-order valence-electron chi connectivity index (χ0n) is 9.77. The van der Waals surface area contributed by atoms with Gasteiger partial charge in [0.2, 0.25) is 0 Å². The van der Waals surface area contributed by atoms with Crippen molar-refractivity contribution in [2.45, 2.75) is 13.0 Å². The fraction of sp³-hybridized carbons (Fsp3) is 0.500. The molecule has 0 aliphatic heterocycles. The van der Waals surface area contributed by atoms with Gasteiger partial charge in [-0.05, 0) is 6.42 Å². The maximum atomic E-state index is 12.1. The Balaban J connectivity index is 2.57. The molecule has 0 atom stereocenters. The predicted octanol–water partition coefficient (Wildman–Crippen LogP) is 0.829. The van der Waals surface area contributed by atoms with E-state index in [9.17, 15) is 4.79 Å². The highest BCUT2D eigenvalue weighted by Gasteiger charge is 2.10. The second kappa shape index (κ2) is 4.80. The number of aromatic amines is 1. The van der Waals surface area contributed by atoms with Crippen LogP contribution >= 0.6 is 12.2 Å². The molecule has 2 aromatic rings. The summed E-state index contributed by atoms with van der Waals surface area (Å²) in [7, 11) is 3.30. The highest BCUT2D eigenvalue weighted by Crippen LogP contribution is 2.08.